The first-order chi connectivity index (χ1) is 8.59. The molecule has 0 spiro atoms. The van der Waals surface area contributed by atoms with Gasteiger partial charge in [0.2, 0.25) is 0 Å². The zero-order chi connectivity index (χ0) is 13.0. The van der Waals surface area contributed by atoms with Gasteiger partial charge in [0, 0.05) is 45.4 Å². The summed E-state index contributed by atoms with van der Waals surface area (Å²) in [5.74, 6) is 0.386. The maximum atomic E-state index is 12.2. The monoisotopic (exact) mass is 277 g/mol. The maximum Gasteiger partial charge on any atom is 0.279 e. The van der Waals surface area contributed by atoms with Gasteiger partial charge in [0.05, 0.1) is 0 Å². The third-order valence-corrected chi connectivity index (χ3v) is 5.44. The number of nitrogens with zero attached hydrogens (tertiary/aromatic N) is 1. The molecule has 0 saturated carbocycles. The number of nitrogens with one attached hydrogen (secondary N) is 2. The second-order valence-electron chi connectivity index (χ2n) is 5.01. The van der Waals surface area contributed by atoms with Gasteiger partial charge in [0.1, 0.15) is 0 Å². The molecule has 2 aliphatic heterocycles. The van der Waals surface area contributed by atoms with Gasteiger partial charge < -0.3 is 10.1 Å². The topological polar surface area (TPSA) is 70.7 Å². The van der Waals surface area contributed by atoms with Crippen LogP contribution < -0.4 is 10.0 Å². The Bertz CT molecular complexity index is 349. The number of hydrogen-bond acceptors (Lipinski definition) is 4. The summed E-state index contributed by atoms with van der Waals surface area (Å²) in [6.07, 6.45) is 1.87. The van der Waals surface area contributed by atoms with Crippen molar-refractivity contribution in [3.05, 3.63) is 0 Å². The molecule has 2 saturated heterocycles. The number of piperazine rings is 1. The highest BCUT2D eigenvalue weighted by atomic mass is 32.2. The van der Waals surface area contributed by atoms with Gasteiger partial charge in [-0.15, -0.1) is 0 Å². The summed E-state index contributed by atoms with van der Waals surface area (Å²) in [6.45, 7) is 6.00. The van der Waals surface area contributed by atoms with Crippen LogP contribution in [0.3, 0.4) is 0 Å². The minimum atomic E-state index is -3.33. The Balaban J connectivity index is 1.89. The summed E-state index contributed by atoms with van der Waals surface area (Å²) in [6, 6.07) is -0.0196. The second-order valence-corrected chi connectivity index (χ2v) is 6.71. The van der Waals surface area contributed by atoms with E-state index in [9.17, 15) is 8.42 Å². The van der Waals surface area contributed by atoms with Crippen molar-refractivity contribution in [2.24, 2.45) is 5.92 Å². The van der Waals surface area contributed by atoms with Gasteiger partial charge in [-0.1, -0.05) is 0 Å². The molecule has 2 heterocycles. The van der Waals surface area contributed by atoms with Gasteiger partial charge >= 0.3 is 0 Å². The molecule has 1 unspecified atom stereocenters. The van der Waals surface area contributed by atoms with Crippen LogP contribution in [0.2, 0.25) is 0 Å². The molecule has 106 valence electrons. The lowest BCUT2D eigenvalue weighted by atomic mass is 9.94. The Hall–Kier alpha value is -0.210. The predicted octanol–water partition coefficient (Wildman–Crippen LogP) is -0.459. The molecule has 0 bridgehead atoms. The Kier molecular flexibility index (Phi) is 4.97. The van der Waals surface area contributed by atoms with Crippen molar-refractivity contribution in [3.8, 4) is 0 Å². The third kappa shape index (κ3) is 3.64. The van der Waals surface area contributed by atoms with E-state index in [4.69, 9.17) is 4.74 Å². The van der Waals surface area contributed by atoms with E-state index in [1.54, 1.807) is 0 Å². The van der Waals surface area contributed by atoms with Crippen LogP contribution in [-0.4, -0.2) is 58.2 Å². The first-order valence-corrected chi connectivity index (χ1v) is 8.09. The van der Waals surface area contributed by atoms with E-state index in [2.05, 4.69) is 10.0 Å². The Morgan fingerprint density at radius 1 is 1.28 bits per heavy atom. The van der Waals surface area contributed by atoms with Crippen LogP contribution in [0.15, 0.2) is 0 Å². The zero-order valence-corrected chi connectivity index (χ0v) is 11.7. The van der Waals surface area contributed by atoms with Gasteiger partial charge in [0.15, 0.2) is 0 Å². The van der Waals surface area contributed by atoms with E-state index >= 15 is 0 Å². The normalized spacial score (nSPS) is 26.1. The van der Waals surface area contributed by atoms with Crippen molar-refractivity contribution in [1.29, 1.82) is 0 Å². The lowest BCUT2D eigenvalue weighted by Crippen LogP contribution is -2.53. The molecule has 0 amide bonds. The van der Waals surface area contributed by atoms with Crippen LogP contribution in [0, 0.1) is 5.92 Å². The van der Waals surface area contributed by atoms with Crippen LogP contribution >= 0.6 is 0 Å². The minimum absolute atomic E-state index is 0.0196. The van der Waals surface area contributed by atoms with Crippen molar-refractivity contribution in [3.63, 3.8) is 0 Å². The molecule has 0 aromatic rings. The highest BCUT2D eigenvalue weighted by molar-refractivity contribution is 7.87. The summed E-state index contributed by atoms with van der Waals surface area (Å²) in [7, 11) is -3.33. The molecule has 0 aliphatic carbocycles. The summed E-state index contributed by atoms with van der Waals surface area (Å²) in [4.78, 5) is 0. The van der Waals surface area contributed by atoms with E-state index < -0.39 is 10.2 Å². The first kappa shape index (κ1) is 14.2. The second kappa shape index (κ2) is 6.29. The Labute approximate surface area is 109 Å². The van der Waals surface area contributed by atoms with E-state index in [1.807, 2.05) is 6.92 Å². The Morgan fingerprint density at radius 2 is 1.89 bits per heavy atom. The smallest absolute Gasteiger partial charge is 0.279 e. The van der Waals surface area contributed by atoms with Crippen molar-refractivity contribution in [2.45, 2.75) is 25.8 Å². The lowest BCUT2D eigenvalue weighted by molar-refractivity contribution is 0.0583. The number of ether oxygens (including phenoxy) is 1. The van der Waals surface area contributed by atoms with Crippen molar-refractivity contribution >= 4 is 10.2 Å². The molecule has 18 heavy (non-hydrogen) atoms. The molecular weight excluding hydrogens is 254 g/mol. The van der Waals surface area contributed by atoms with Crippen molar-refractivity contribution in [2.75, 3.05) is 39.4 Å². The fraction of sp³-hybridized carbons (Fsp3) is 1.00. The molecule has 6 nitrogen and oxygen atoms in total. The van der Waals surface area contributed by atoms with E-state index in [0.29, 0.717) is 19.0 Å². The van der Waals surface area contributed by atoms with E-state index in [0.717, 1.165) is 39.1 Å². The predicted molar refractivity (Wildman–Crippen MR) is 69.5 cm³/mol. The van der Waals surface area contributed by atoms with Crippen molar-refractivity contribution < 1.29 is 13.2 Å². The van der Waals surface area contributed by atoms with Crippen LogP contribution in [0.1, 0.15) is 19.8 Å². The number of hydrogen-bond donors (Lipinski definition) is 2. The van der Waals surface area contributed by atoms with Crippen LogP contribution in [0.5, 0.6) is 0 Å². The van der Waals surface area contributed by atoms with Gasteiger partial charge in [-0.25, -0.2) is 0 Å². The molecule has 0 aromatic carbocycles. The molecular formula is C11H23N3O3S. The van der Waals surface area contributed by atoms with Crippen LogP contribution in [0.4, 0.5) is 0 Å². The molecule has 0 aromatic heterocycles. The molecule has 2 aliphatic rings. The molecule has 2 fully saturated rings. The third-order valence-electron chi connectivity index (χ3n) is 3.72. The molecule has 0 radical (unpaired) electrons. The quantitative estimate of drug-likeness (QED) is 0.729. The highest BCUT2D eigenvalue weighted by Crippen LogP contribution is 2.19. The van der Waals surface area contributed by atoms with Crippen LogP contribution in [-0.2, 0) is 14.9 Å². The summed E-state index contributed by atoms with van der Waals surface area (Å²) in [5.41, 5.74) is 0. The standard InChI is InChI=1S/C11H23N3O3S/c1-10(11-2-8-17-9-3-11)13-18(15,16)14-6-4-12-5-7-14/h10-13H,2-9H2,1H3. The summed E-state index contributed by atoms with van der Waals surface area (Å²) in [5, 5.41) is 3.15. The highest BCUT2D eigenvalue weighted by Gasteiger charge is 2.29. The van der Waals surface area contributed by atoms with E-state index in [-0.39, 0.29) is 6.04 Å². The SMILES string of the molecule is CC(NS(=O)(=O)N1CCNCC1)C1CCOCC1. The zero-order valence-electron chi connectivity index (χ0n) is 10.9. The molecule has 2 N–H and O–H groups in total. The van der Waals surface area contributed by atoms with Gasteiger partial charge in [-0.3, -0.25) is 0 Å². The first-order valence-electron chi connectivity index (χ1n) is 6.65. The van der Waals surface area contributed by atoms with Gasteiger partial charge in [-0.2, -0.15) is 17.4 Å². The minimum Gasteiger partial charge on any atom is -0.381 e. The number of rotatable bonds is 4. The van der Waals surface area contributed by atoms with E-state index in [1.165, 1.54) is 4.31 Å². The average molecular weight is 277 g/mol. The summed E-state index contributed by atoms with van der Waals surface area (Å²) < 4.78 is 34.0. The maximum absolute atomic E-state index is 12.2. The average Bonchev–Trinajstić information content (AvgIpc) is 2.40. The fourth-order valence-electron chi connectivity index (χ4n) is 2.51. The lowest BCUT2D eigenvalue weighted by Gasteiger charge is -2.32. The molecule has 7 heteroatoms. The van der Waals surface area contributed by atoms with Crippen molar-refractivity contribution in [1.82, 2.24) is 14.3 Å². The molecule has 1 atom stereocenters. The molecule has 2 rings (SSSR count). The Morgan fingerprint density at radius 3 is 2.50 bits per heavy atom. The van der Waals surface area contributed by atoms with Crippen LogP contribution in [0.25, 0.3) is 0 Å². The largest absolute Gasteiger partial charge is 0.381 e. The fourth-order valence-corrected chi connectivity index (χ4v) is 3.98. The van der Waals surface area contributed by atoms with Gasteiger partial charge in [-0.05, 0) is 25.7 Å². The summed E-state index contributed by atoms with van der Waals surface area (Å²) >= 11 is 0. The van der Waals surface area contributed by atoms with Gasteiger partial charge in [0.25, 0.3) is 10.2 Å².